The summed E-state index contributed by atoms with van der Waals surface area (Å²) in [4.78, 5) is 2.67. The average Bonchev–Trinajstić information content (AvgIpc) is 2.44. The molecule has 1 saturated heterocycles. The molecule has 1 aliphatic rings. The molecule has 0 aromatic carbocycles. The third-order valence-corrected chi connectivity index (χ3v) is 3.83. The second-order valence-electron chi connectivity index (χ2n) is 5.54. The summed E-state index contributed by atoms with van der Waals surface area (Å²) in [6.45, 7) is 12.5. The molecule has 0 aromatic rings. The summed E-state index contributed by atoms with van der Waals surface area (Å²) >= 11 is 0. The highest BCUT2D eigenvalue weighted by Gasteiger charge is 2.40. The van der Waals surface area contributed by atoms with Crippen LogP contribution in [0.5, 0.6) is 0 Å². The second kappa shape index (κ2) is 5.31. The number of nitrogens with zero attached hydrogens (tertiary/aromatic N) is 1. The minimum absolute atomic E-state index is 0.647. The SMILES string of the molecule is COCC1CC(C(C)C)N(C(C)C)C1C. The Kier molecular flexibility index (Phi) is 4.60. The molecule has 0 N–H and O–H groups in total. The first kappa shape index (κ1) is 13.0. The number of ether oxygens (including phenoxy) is 1. The molecule has 1 heterocycles. The summed E-state index contributed by atoms with van der Waals surface area (Å²) in [7, 11) is 1.81. The molecule has 0 aromatic heterocycles. The molecule has 0 spiro atoms. The summed E-state index contributed by atoms with van der Waals surface area (Å²) in [5.41, 5.74) is 0. The standard InChI is InChI=1S/C13H27NO/c1-9(2)13-7-12(8-15-6)11(5)14(13)10(3)4/h9-13H,7-8H2,1-6H3. The molecule has 1 aliphatic heterocycles. The fraction of sp³-hybridized carbons (Fsp3) is 1.00. The van der Waals surface area contributed by atoms with Crippen molar-refractivity contribution in [1.29, 1.82) is 0 Å². The summed E-state index contributed by atoms with van der Waals surface area (Å²) in [6, 6.07) is 2.05. The second-order valence-corrected chi connectivity index (χ2v) is 5.54. The summed E-state index contributed by atoms with van der Waals surface area (Å²) in [6.07, 6.45) is 1.30. The van der Waals surface area contributed by atoms with E-state index in [9.17, 15) is 0 Å². The quantitative estimate of drug-likeness (QED) is 0.712. The van der Waals surface area contributed by atoms with Crippen molar-refractivity contribution in [3.05, 3.63) is 0 Å². The van der Waals surface area contributed by atoms with Crippen molar-refractivity contribution in [2.45, 2.75) is 59.2 Å². The van der Waals surface area contributed by atoms with Gasteiger partial charge in [-0.1, -0.05) is 13.8 Å². The first-order valence-electron chi connectivity index (χ1n) is 6.25. The van der Waals surface area contributed by atoms with E-state index >= 15 is 0 Å². The van der Waals surface area contributed by atoms with E-state index in [0.717, 1.165) is 18.6 Å². The third-order valence-electron chi connectivity index (χ3n) is 3.83. The normalized spacial score (nSPS) is 33.2. The van der Waals surface area contributed by atoms with Crippen LogP contribution in [0.2, 0.25) is 0 Å². The van der Waals surface area contributed by atoms with Gasteiger partial charge < -0.3 is 4.74 Å². The molecule has 15 heavy (non-hydrogen) atoms. The lowest BCUT2D eigenvalue weighted by Gasteiger charge is -2.34. The topological polar surface area (TPSA) is 12.5 Å². The highest BCUT2D eigenvalue weighted by atomic mass is 16.5. The molecule has 3 atom stereocenters. The predicted octanol–water partition coefficient (Wildman–Crippen LogP) is 2.78. The zero-order valence-electron chi connectivity index (χ0n) is 11.2. The minimum Gasteiger partial charge on any atom is -0.384 e. The molecule has 0 radical (unpaired) electrons. The Morgan fingerprint density at radius 1 is 1.27 bits per heavy atom. The van der Waals surface area contributed by atoms with E-state index in [2.05, 4.69) is 39.5 Å². The highest BCUT2D eigenvalue weighted by molar-refractivity contribution is 4.94. The number of hydrogen-bond donors (Lipinski definition) is 0. The highest BCUT2D eigenvalue weighted by Crippen LogP contribution is 2.35. The van der Waals surface area contributed by atoms with Crippen LogP contribution in [0.4, 0.5) is 0 Å². The Balaban J connectivity index is 2.73. The maximum Gasteiger partial charge on any atom is 0.0505 e. The summed E-state index contributed by atoms with van der Waals surface area (Å²) in [5, 5.41) is 0. The van der Waals surface area contributed by atoms with Gasteiger partial charge in [-0.15, -0.1) is 0 Å². The van der Waals surface area contributed by atoms with Gasteiger partial charge in [0.25, 0.3) is 0 Å². The molecule has 2 nitrogen and oxygen atoms in total. The van der Waals surface area contributed by atoms with Gasteiger partial charge in [0.15, 0.2) is 0 Å². The fourth-order valence-corrected chi connectivity index (χ4v) is 3.07. The van der Waals surface area contributed by atoms with Crippen LogP contribution in [-0.4, -0.2) is 36.7 Å². The van der Waals surface area contributed by atoms with Gasteiger partial charge in [0.2, 0.25) is 0 Å². The molecule has 3 unspecified atom stereocenters. The van der Waals surface area contributed by atoms with Gasteiger partial charge >= 0.3 is 0 Å². The van der Waals surface area contributed by atoms with Crippen molar-refractivity contribution in [1.82, 2.24) is 4.90 Å². The summed E-state index contributed by atoms with van der Waals surface area (Å²) in [5.74, 6) is 1.46. The Morgan fingerprint density at radius 3 is 2.20 bits per heavy atom. The minimum atomic E-state index is 0.647. The van der Waals surface area contributed by atoms with Gasteiger partial charge in [0.1, 0.15) is 0 Å². The van der Waals surface area contributed by atoms with Gasteiger partial charge in [-0.05, 0) is 39.0 Å². The predicted molar refractivity (Wildman–Crippen MR) is 65.0 cm³/mol. The first-order valence-corrected chi connectivity index (χ1v) is 6.25. The maximum atomic E-state index is 5.33. The van der Waals surface area contributed by atoms with Crippen LogP contribution in [0, 0.1) is 11.8 Å². The molecule has 0 saturated carbocycles. The molecule has 0 bridgehead atoms. The van der Waals surface area contributed by atoms with E-state index in [1.54, 1.807) is 0 Å². The number of hydrogen-bond acceptors (Lipinski definition) is 2. The van der Waals surface area contributed by atoms with Crippen LogP contribution in [0.15, 0.2) is 0 Å². The molecule has 1 rings (SSSR count). The van der Waals surface area contributed by atoms with E-state index in [-0.39, 0.29) is 0 Å². The number of rotatable bonds is 4. The van der Waals surface area contributed by atoms with Crippen LogP contribution < -0.4 is 0 Å². The third kappa shape index (κ3) is 2.73. The van der Waals surface area contributed by atoms with E-state index in [1.807, 2.05) is 7.11 Å². The monoisotopic (exact) mass is 213 g/mol. The van der Waals surface area contributed by atoms with Crippen molar-refractivity contribution in [3.63, 3.8) is 0 Å². The van der Waals surface area contributed by atoms with E-state index in [4.69, 9.17) is 4.74 Å². The zero-order valence-corrected chi connectivity index (χ0v) is 11.2. The van der Waals surface area contributed by atoms with E-state index in [0.29, 0.717) is 18.0 Å². The Bertz CT molecular complexity index is 191. The zero-order chi connectivity index (χ0) is 11.6. The first-order chi connectivity index (χ1) is 6.99. The molecule has 90 valence electrons. The van der Waals surface area contributed by atoms with Crippen molar-refractivity contribution in [3.8, 4) is 0 Å². The van der Waals surface area contributed by atoms with Crippen LogP contribution in [-0.2, 0) is 4.74 Å². The van der Waals surface area contributed by atoms with Crippen LogP contribution in [0.3, 0.4) is 0 Å². The lowest BCUT2D eigenvalue weighted by atomic mass is 9.96. The van der Waals surface area contributed by atoms with Crippen LogP contribution in [0.1, 0.15) is 41.0 Å². The van der Waals surface area contributed by atoms with Crippen molar-refractivity contribution >= 4 is 0 Å². The fourth-order valence-electron chi connectivity index (χ4n) is 3.07. The molecule has 0 aliphatic carbocycles. The van der Waals surface area contributed by atoms with Gasteiger partial charge in [0, 0.05) is 25.2 Å². The smallest absolute Gasteiger partial charge is 0.0505 e. The van der Waals surface area contributed by atoms with E-state index in [1.165, 1.54) is 6.42 Å². The van der Waals surface area contributed by atoms with Gasteiger partial charge in [0.05, 0.1) is 6.61 Å². The molecule has 0 amide bonds. The Labute approximate surface area is 95.0 Å². The molecule has 1 fully saturated rings. The van der Waals surface area contributed by atoms with E-state index < -0.39 is 0 Å². The Hall–Kier alpha value is -0.0800. The van der Waals surface area contributed by atoms with Gasteiger partial charge in [-0.3, -0.25) is 4.90 Å². The Morgan fingerprint density at radius 2 is 1.87 bits per heavy atom. The van der Waals surface area contributed by atoms with Gasteiger partial charge in [-0.25, -0.2) is 0 Å². The molecular weight excluding hydrogens is 186 g/mol. The lowest BCUT2D eigenvalue weighted by Crippen LogP contribution is -2.43. The lowest BCUT2D eigenvalue weighted by molar-refractivity contribution is 0.0993. The molecular formula is C13H27NO. The van der Waals surface area contributed by atoms with Gasteiger partial charge in [-0.2, -0.15) is 0 Å². The number of methoxy groups -OCH3 is 1. The van der Waals surface area contributed by atoms with Crippen molar-refractivity contribution in [2.75, 3.05) is 13.7 Å². The maximum absolute atomic E-state index is 5.33. The number of likely N-dealkylation sites (tertiary alicyclic amines) is 1. The van der Waals surface area contributed by atoms with Crippen LogP contribution >= 0.6 is 0 Å². The molecule has 2 heteroatoms. The van der Waals surface area contributed by atoms with Crippen molar-refractivity contribution < 1.29 is 4.74 Å². The summed E-state index contributed by atoms with van der Waals surface area (Å²) < 4.78 is 5.33. The van der Waals surface area contributed by atoms with Crippen LogP contribution in [0.25, 0.3) is 0 Å². The largest absolute Gasteiger partial charge is 0.384 e. The van der Waals surface area contributed by atoms with Crippen molar-refractivity contribution in [2.24, 2.45) is 11.8 Å². The average molecular weight is 213 g/mol.